The largest absolute Gasteiger partial charge is 0.508 e. The Labute approximate surface area is 505 Å². The molecule has 2 aromatic carbocycles. The molecule has 480 valence electrons. The maximum Gasteiger partial charge on any atom is 0.251 e. The first kappa shape index (κ1) is 71.1. The fourth-order valence-corrected chi connectivity index (χ4v) is 8.12. The lowest BCUT2D eigenvalue weighted by Crippen LogP contribution is -2.57. The molecule has 31 nitrogen and oxygen atoms in total. The summed E-state index contributed by atoms with van der Waals surface area (Å²) in [5, 5.41) is 75.3. The van der Waals surface area contributed by atoms with E-state index in [-0.39, 0.29) is 119 Å². The Morgan fingerprint density at radius 2 is 1.06 bits per heavy atom. The summed E-state index contributed by atoms with van der Waals surface area (Å²) in [7, 11) is 0. The van der Waals surface area contributed by atoms with Crippen LogP contribution in [0.5, 0.6) is 5.75 Å². The topological polar surface area (TPSA) is 488 Å². The number of nitrogens with one attached hydrogen (secondary N) is 12. The summed E-state index contributed by atoms with van der Waals surface area (Å²) in [6, 6.07) is 7.10. The van der Waals surface area contributed by atoms with Crippen LogP contribution in [0.4, 0.5) is 10.1 Å². The molecule has 0 saturated carbocycles. The number of aliphatic hydroxyl groups excluding tert-OH is 4. The van der Waals surface area contributed by atoms with Crippen molar-refractivity contribution < 1.29 is 77.9 Å². The van der Waals surface area contributed by atoms with Gasteiger partial charge in [0.15, 0.2) is 6.17 Å². The third-order valence-corrected chi connectivity index (χ3v) is 13.2. The minimum atomic E-state index is -2.27. The number of carbonyl (C=O) groups is 10. The number of carbonyl (C=O) groups excluding carboxylic acids is 10. The number of hydrogen-bond acceptors (Lipinski definition) is 19. The lowest BCUT2D eigenvalue weighted by molar-refractivity contribution is -0.132. The van der Waals surface area contributed by atoms with E-state index in [1.54, 1.807) is 12.4 Å². The van der Waals surface area contributed by atoms with Gasteiger partial charge in [0.2, 0.25) is 53.2 Å². The summed E-state index contributed by atoms with van der Waals surface area (Å²) >= 11 is 0. The number of phenolic OH excluding ortho intramolecular Hbond substituents is 1. The van der Waals surface area contributed by atoms with E-state index in [2.05, 4.69) is 78.3 Å². The number of benzene rings is 2. The average molecular weight is 1240 g/mol. The molecule has 2 aromatic heterocycles. The Balaban J connectivity index is 1.34. The average Bonchev–Trinajstić information content (AvgIpc) is 4.40. The lowest BCUT2D eigenvalue weighted by atomic mass is 10.0. The van der Waals surface area contributed by atoms with Gasteiger partial charge < -0.3 is 89.1 Å². The number of rotatable bonds is 42. The quantitative estimate of drug-likeness (QED) is 0.0116. The number of imidazole rings is 2. The molecule has 0 aliphatic rings. The van der Waals surface area contributed by atoms with E-state index in [1.807, 2.05) is 0 Å². The Morgan fingerprint density at radius 3 is 1.55 bits per heavy atom. The van der Waals surface area contributed by atoms with Crippen molar-refractivity contribution in [1.29, 1.82) is 0 Å². The number of phenols is 1. The molecule has 4 aromatic rings. The van der Waals surface area contributed by atoms with Gasteiger partial charge in [-0.2, -0.15) is 5.10 Å². The van der Waals surface area contributed by atoms with Crippen molar-refractivity contribution in [3.63, 3.8) is 0 Å². The number of halogens is 1. The fourth-order valence-electron chi connectivity index (χ4n) is 8.12. The SMILES string of the molecule is NC(=O)C(CCCCNC(=O)CNC(=O)CCC(=O)NCCc1cnc[nH]1)NC(=O)C(Cc1ccc(O)cc1)NC(=O)C(CCCCNC(=O)CNC(=O)CCC(=O)NCCc1cnc[nH]1)NC(=O)c1ccc(N/N=C/C(F)C(O)C(O)C(O)CO)cc1. The van der Waals surface area contributed by atoms with Gasteiger partial charge in [-0.05, 0) is 80.5 Å². The molecule has 2 heterocycles. The van der Waals surface area contributed by atoms with Crippen LogP contribution in [0.15, 0.2) is 78.7 Å². The number of aliphatic hydroxyl groups is 4. The number of aromatic amines is 2. The molecule has 88 heavy (non-hydrogen) atoms. The van der Waals surface area contributed by atoms with Crippen LogP contribution >= 0.6 is 0 Å². The zero-order valence-electron chi connectivity index (χ0n) is 48.3. The first-order valence-electron chi connectivity index (χ1n) is 28.4. The molecule has 0 bridgehead atoms. The molecule has 10 amide bonds. The molecule has 0 aliphatic heterocycles. The highest BCUT2D eigenvalue weighted by Crippen LogP contribution is 2.15. The minimum absolute atomic E-state index is 0.00680. The molecule has 19 N–H and O–H groups in total. The van der Waals surface area contributed by atoms with E-state index in [1.165, 1.54) is 61.2 Å². The van der Waals surface area contributed by atoms with E-state index in [0.717, 1.165) is 11.4 Å². The normalized spacial score (nSPS) is 13.5. The number of nitrogens with zero attached hydrogens (tertiary/aromatic N) is 3. The van der Waals surface area contributed by atoms with Gasteiger partial charge in [0.25, 0.3) is 5.91 Å². The number of hydrazone groups is 1. The van der Waals surface area contributed by atoms with Crippen LogP contribution in [0.2, 0.25) is 0 Å². The van der Waals surface area contributed by atoms with Crippen LogP contribution in [0.3, 0.4) is 0 Å². The van der Waals surface area contributed by atoms with Crippen LogP contribution in [-0.4, -0.2) is 199 Å². The van der Waals surface area contributed by atoms with E-state index in [4.69, 9.17) is 10.8 Å². The number of aromatic hydroxyl groups is 1. The van der Waals surface area contributed by atoms with Crippen LogP contribution in [-0.2, 0) is 62.4 Å². The maximum atomic E-state index is 14.5. The van der Waals surface area contributed by atoms with Crippen molar-refractivity contribution in [3.8, 4) is 5.75 Å². The number of amides is 10. The molecule has 0 saturated heterocycles. The molecular formula is C56H79FN16O15. The number of nitrogens with two attached hydrogens (primary N) is 1. The van der Waals surface area contributed by atoms with Gasteiger partial charge in [-0.15, -0.1) is 0 Å². The zero-order chi connectivity index (χ0) is 64.2. The van der Waals surface area contributed by atoms with E-state index in [0.29, 0.717) is 44.1 Å². The maximum absolute atomic E-state index is 14.5. The number of unbranched alkanes of at least 4 members (excludes halogenated alkanes) is 2. The van der Waals surface area contributed by atoms with E-state index >= 15 is 0 Å². The third kappa shape index (κ3) is 28.2. The highest BCUT2D eigenvalue weighted by atomic mass is 19.1. The van der Waals surface area contributed by atoms with Crippen LogP contribution in [0, 0.1) is 0 Å². The van der Waals surface area contributed by atoms with Crippen molar-refractivity contribution in [3.05, 3.63) is 96.1 Å². The first-order chi connectivity index (χ1) is 42.2. The molecule has 0 spiro atoms. The highest BCUT2D eigenvalue weighted by Gasteiger charge is 2.32. The van der Waals surface area contributed by atoms with Crippen molar-refractivity contribution in [1.82, 2.24) is 67.8 Å². The van der Waals surface area contributed by atoms with Crippen molar-refractivity contribution in [2.75, 3.05) is 51.3 Å². The highest BCUT2D eigenvalue weighted by molar-refractivity contribution is 5.99. The zero-order valence-corrected chi connectivity index (χ0v) is 48.3. The molecular weight excluding hydrogens is 1160 g/mol. The second kappa shape index (κ2) is 39.3. The van der Waals surface area contributed by atoms with Crippen molar-refractivity contribution in [2.24, 2.45) is 10.8 Å². The molecule has 7 atom stereocenters. The first-order valence-corrected chi connectivity index (χ1v) is 28.4. The van der Waals surface area contributed by atoms with E-state index < -0.39 is 96.5 Å². The van der Waals surface area contributed by atoms with Crippen molar-refractivity contribution >= 4 is 71.0 Å². The van der Waals surface area contributed by atoms with Gasteiger partial charge in [0.1, 0.15) is 42.2 Å². The number of primary amides is 1. The predicted molar refractivity (Wildman–Crippen MR) is 313 cm³/mol. The van der Waals surface area contributed by atoms with E-state index in [9.17, 15) is 72.8 Å². The minimum Gasteiger partial charge on any atom is -0.508 e. The molecule has 7 unspecified atom stereocenters. The van der Waals surface area contributed by atoms with Gasteiger partial charge in [0, 0.05) is 100 Å². The van der Waals surface area contributed by atoms with Crippen LogP contribution in [0.1, 0.15) is 91.5 Å². The Bertz CT molecular complexity index is 2870. The summed E-state index contributed by atoms with van der Waals surface area (Å²) in [6.07, 6.45) is 0.0625. The number of anilines is 1. The second-order valence-electron chi connectivity index (χ2n) is 20.2. The smallest absolute Gasteiger partial charge is 0.251 e. The standard InChI is InChI=1S/C56H79FN16O15/c57-40(51(83)52(84)44(76)31-74)28-69-73-36-11-9-35(10-12-36)54(86)71-42(6-2-4-22-62-50(82)30-66-48(80)18-16-46(78)64-24-20-38-27-60-33-68-38)55(87)72-43(25-34-7-13-39(75)14-8-34)56(88)70-41(53(58)85)5-1-3-21-61-49(81)29-65-47(79)17-15-45(77)63-23-19-37-26-59-32-67-37/h7-14,26-28,32-33,40-44,51-52,73-76,83-84H,1-6,15-25,29-31H2,(H2,58,85)(H,59,67)(H,60,68)(H,61,81)(H,62,82)(H,63,77)(H,64,78)(H,65,79)(H,66,80)(H,70,88)(H,71,86)(H,72,87)/b69-28+. The monoisotopic (exact) mass is 1230 g/mol. The predicted octanol–water partition coefficient (Wildman–Crippen LogP) is -3.47. The molecule has 4 rings (SSSR count). The lowest BCUT2D eigenvalue weighted by Gasteiger charge is -2.25. The summed E-state index contributed by atoms with van der Waals surface area (Å²) < 4.78 is 14.5. The molecule has 0 radical (unpaired) electrons. The van der Waals surface area contributed by atoms with Crippen LogP contribution < -0.4 is 59.0 Å². The Hall–Kier alpha value is -9.40. The third-order valence-electron chi connectivity index (χ3n) is 13.2. The van der Waals surface area contributed by atoms with Crippen LogP contribution in [0.25, 0.3) is 0 Å². The van der Waals surface area contributed by atoms with Gasteiger partial charge in [-0.1, -0.05) is 12.1 Å². The van der Waals surface area contributed by atoms with Gasteiger partial charge in [-0.25, -0.2) is 14.4 Å². The van der Waals surface area contributed by atoms with Gasteiger partial charge in [0.05, 0.1) is 44.3 Å². The summed E-state index contributed by atoms with van der Waals surface area (Å²) in [6.45, 7) is -0.789. The number of hydrogen-bond donors (Lipinski definition) is 18. The molecule has 0 aliphatic carbocycles. The van der Waals surface area contributed by atoms with Gasteiger partial charge in [-0.3, -0.25) is 53.4 Å². The number of aromatic nitrogens is 4. The fraction of sp³-hybridized carbons (Fsp3) is 0.482. The molecule has 0 fully saturated rings. The number of H-pyrrole nitrogens is 2. The van der Waals surface area contributed by atoms with Crippen molar-refractivity contribution in [2.45, 2.75) is 126 Å². The second-order valence-corrected chi connectivity index (χ2v) is 20.2. The Kier molecular flexibility index (Phi) is 31.8. The number of alkyl halides is 1. The summed E-state index contributed by atoms with van der Waals surface area (Å²) in [5.74, 6) is -6.22. The summed E-state index contributed by atoms with van der Waals surface area (Å²) in [4.78, 5) is 143. The Morgan fingerprint density at radius 1 is 0.580 bits per heavy atom. The van der Waals surface area contributed by atoms with Gasteiger partial charge >= 0.3 is 0 Å². The summed E-state index contributed by atoms with van der Waals surface area (Å²) in [5.41, 5.74) is 10.6. The molecule has 32 heteroatoms.